The van der Waals surface area contributed by atoms with Gasteiger partial charge in [0.1, 0.15) is 5.69 Å². The maximum atomic E-state index is 13.8. The van der Waals surface area contributed by atoms with Crippen LogP contribution in [0.3, 0.4) is 0 Å². The standard InChI is InChI=1S/C23H25F2N7O/c1-12-5-26-20-17(12)2-3-18(20)29-22(33)16-7-28-32(11-16)10-15-6-27-23(30-19(15)21(24)25)31-8-13-4-14(13)9-31/h6-7,11,13-14,18,21H,2-5,8-10H2,1H3,(H,29,33)/t13?,14?,18-/m1/s1. The van der Waals surface area contributed by atoms with Crippen LogP contribution in [0.25, 0.3) is 0 Å². The summed E-state index contributed by atoms with van der Waals surface area (Å²) in [7, 11) is 0. The third-order valence-corrected chi connectivity index (χ3v) is 7.21. The average Bonchev–Trinajstić information content (AvgIpc) is 3.27. The molecule has 6 rings (SSSR count). The van der Waals surface area contributed by atoms with Crippen molar-refractivity contribution in [2.45, 2.75) is 45.2 Å². The van der Waals surface area contributed by atoms with E-state index < -0.39 is 6.43 Å². The smallest absolute Gasteiger partial charge is 0.280 e. The fourth-order valence-corrected chi connectivity index (χ4v) is 5.26. The van der Waals surface area contributed by atoms with Crippen molar-refractivity contribution in [2.24, 2.45) is 16.8 Å². The molecule has 33 heavy (non-hydrogen) atoms. The van der Waals surface area contributed by atoms with E-state index in [2.05, 4.69) is 32.3 Å². The highest BCUT2D eigenvalue weighted by atomic mass is 19.3. The molecule has 4 aliphatic rings. The first-order valence-electron chi connectivity index (χ1n) is 11.4. The van der Waals surface area contributed by atoms with Crippen LogP contribution >= 0.6 is 0 Å². The average molecular weight is 453 g/mol. The summed E-state index contributed by atoms with van der Waals surface area (Å²) in [5.41, 5.74) is 3.94. The number of aromatic nitrogens is 4. The van der Waals surface area contributed by atoms with Crippen molar-refractivity contribution >= 4 is 17.6 Å². The molecule has 1 saturated heterocycles. The van der Waals surface area contributed by atoms with E-state index in [9.17, 15) is 13.6 Å². The maximum absolute atomic E-state index is 13.8. The Bertz CT molecular complexity index is 1180. The zero-order valence-electron chi connectivity index (χ0n) is 18.3. The van der Waals surface area contributed by atoms with E-state index in [0.717, 1.165) is 31.6 Å². The first-order valence-corrected chi connectivity index (χ1v) is 11.4. The van der Waals surface area contributed by atoms with E-state index in [-0.39, 0.29) is 24.2 Å². The quantitative estimate of drug-likeness (QED) is 0.727. The second kappa shape index (κ2) is 7.71. The van der Waals surface area contributed by atoms with E-state index in [4.69, 9.17) is 0 Å². The van der Waals surface area contributed by atoms with Crippen LogP contribution in [-0.2, 0) is 6.54 Å². The summed E-state index contributed by atoms with van der Waals surface area (Å²) in [6.07, 6.45) is 4.76. The third-order valence-electron chi connectivity index (χ3n) is 7.21. The Kier molecular flexibility index (Phi) is 4.77. The molecule has 1 amide bonds. The summed E-state index contributed by atoms with van der Waals surface area (Å²) in [4.78, 5) is 27.8. The molecule has 0 aromatic carbocycles. The van der Waals surface area contributed by atoms with Gasteiger partial charge >= 0.3 is 0 Å². The van der Waals surface area contributed by atoms with E-state index in [1.165, 1.54) is 34.6 Å². The zero-order chi connectivity index (χ0) is 22.7. The molecule has 2 aliphatic carbocycles. The van der Waals surface area contributed by atoms with Crippen LogP contribution in [0.15, 0.2) is 34.7 Å². The van der Waals surface area contributed by atoms with Gasteiger partial charge in [-0.1, -0.05) is 0 Å². The molecule has 2 unspecified atom stereocenters. The van der Waals surface area contributed by atoms with Crippen LogP contribution < -0.4 is 10.2 Å². The number of nitrogens with zero attached hydrogens (tertiary/aromatic N) is 6. The second-order valence-corrected chi connectivity index (χ2v) is 9.49. The summed E-state index contributed by atoms with van der Waals surface area (Å²) < 4.78 is 29.0. The lowest BCUT2D eigenvalue weighted by Crippen LogP contribution is -2.37. The molecule has 0 bridgehead atoms. The van der Waals surface area contributed by atoms with Gasteiger partial charge < -0.3 is 10.2 Å². The molecular formula is C23H25F2N7O. The number of amides is 1. The SMILES string of the molecule is CC1=C2CC[C@@H](NC(=O)c3cnn(Cc4cnc(N5CC6CC6C5)nc4C(F)F)c3)C2=NC1. The number of nitrogens with one attached hydrogen (secondary N) is 1. The van der Waals surface area contributed by atoms with Crippen molar-refractivity contribution in [3.63, 3.8) is 0 Å². The predicted molar refractivity (Wildman–Crippen MR) is 118 cm³/mol. The van der Waals surface area contributed by atoms with Gasteiger partial charge in [0.25, 0.3) is 12.3 Å². The summed E-state index contributed by atoms with van der Waals surface area (Å²) >= 11 is 0. The van der Waals surface area contributed by atoms with Crippen molar-refractivity contribution < 1.29 is 13.6 Å². The van der Waals surface area contributed by atoms with Crippen molar-refractivity contribution in [2.75, 3.05) is 24.5 Å². The molecule has 2 aromatic heterocycles. The lowest BCUT2D eigenvalue weighted by molar-refractivity contribution is 0.0946. The Balaban J connectivity index is 1.15. The first kappa shape index (κ1) is 20.4. The van der Waals surface area contributed by atoms with E-state index in [1.54, 1.807) is 6.20 Å². The molecule has 2 saturated carbocycles. The minimum atomic E-state index is -2.71. The summed E-state index contributed by atoms with van der Waals surface area (Å²) in [5.74, 6) is 1.45. The molecule has 3 fully saturated rings. The van der Waals surface area contributed by atoms with Crippen molar-refractivity contribution in [1.82, 2.24) is 25.1 Å². The number of carbonyl (C=O) groups is 1. The molecule has 2 aliphatic heterocycles. The number of piperidine rings is 1. The topological polar surface area (TPSA) is 88.3 Å². The predicted octanol–water partition coefficient (Wildman–Crippen LogP) is 2.78. The monoisotopic (exact) mass is 453 g/mol. The lowest BCUT2D eigenvalue weighted by atomic mass is 10.1. The van der Waals surface area contributed by atoms with Crippen LogP contribution in [0.2, 0.25) is 0 Å². The van der Waals surface area contributed by atoms with Gasteiger partial charge in [0.05, 0.1) is 36.6 Å². The zero-order valence-corrected chi connectivity index (χ0v) is 18.3. The molecule has 0 spiro atoms. The number of hydrogen-bond acceptors (Lipinski definition) is 6. The summed E-state index contributed by atoms with van der Waals surface area (Å²) in [6.45, 7) is 4.54. The molecule has 0 radical (unpaired) electrons. The largest absolute Gasteiger partial charge is 0.344 e. The van der Waals surface area contributed by atoms with Gasteiger partial charge in [-0.25, -0.2) is 18.7 Å². The number of halogens is 2. The summed E-state index contributed by atoms with van der Waals surface area (Å²) in [5, 5.41) is 7.24. The molecule has 8 nitrogen and oxygen atoms in total. The highest BCUT2D eigenvalue weighted by molar-refractivity contribution is 6.10. The number of fused-ring (bicyclic) bond motifs is 2. The summed E-state index contributed by atoms with van der Waals surface area (Å²) in [6, 6.07) is -0.0868. The first-order chi connectivity index (χ1) is 16.0. The number of carbonyl (C=O) groups excluding carboxylic acids is 1. The molecule has 2 aromatic rings. The Hall–Kier alpha value is -3.17. The molecular weight excluding hydrogens is 428 g/mol. The normalized spacial score (nSPS) is 25.5. The Morgan fingerprint density at radius 2 is 2.09 bits per heavy atom. The van der Waals surface area contributed by atoms with Crippen LogP contribution in [-0.4, -0.2) is 57.0 Å². The van der Waals surface area contributed by atoms with Crippen molar-refractivity contribution in [1.29, 1.82) is 0 Å². The van der Waals surface area contributed by atoms with E-state index in [1.807, 2.05) is 4.90 Å². The number of aliphatic imine (C=N–C) groups is 1. The van der Waals surface area contributed by atoms with Gasteiger partial charge in [0.15, 0.2) is 0 Å². The third kappa shape index (κ3) is 3.71. The minimum absolute atomic E-state index is 0.0701. The Labute approximate surface area is 189 Å². The van der Waals surface area contributed by atoms with Crippen molar-refractivity contribution in [3.8, 4) is 0 Å². The van der Waals surface area contributed by atoms with Crippen LogP contribution in [0.4, 0.5) is 14.7 Å². The van der Waals surface area contributed by atoms with Gasteiger partial charge in [0.2, 0.25) is 5.95 Å². The van der Waals surface area contributed by atoms with E-state index >= 15 is 0 Å². The van der Waals surface area contributed by atoms with E-state index in [0.29, 0.717) is 35.5 Å². The second-order valence-electron chi connectivity index (χ2n) is 9.49. The molecule has 172 valence electrons. The molecule has 1 N–H and O–H groups in total. The maximum Gasteiger partial charge on any atom is 0.280 e. The van der Waals surface area contributed by atoms with Gasteiger partial charge in [-0.05, 0) is 49.2 Å². The fourth-order valence-electron chi connectivity index (χ4n) is 5.26. The van der Waals surface area contributed by atoms with Crippen molar-refractivity contribution in [3.05, 3.63) is 46.6 Å². The van der Waals surface area contributed by atoms with Crippen LogP contribution in [0.5, 0.6) is 0 Å². The number of hydrogen-bond donors (Lipinski definition) is 1. The van der Waals surface area contributed by atoms with Gasteiger partial charge in [-0.3, -0.25) is 14.5 Å². The van der Waals surface area contributed by atoms with Crippen LogP contribution in [0.1, 0.15) is 54.2 Å². The van der Waals surface area contributed by atoms with Gasteiger partial charge in [-0.15, -0.1) is 0 Å². The fraction of sp³-hybridized carbons (Fsp3) is 0.522. The Morgan fingerprint density at radius 3 is 2.88 bits per heavy atom. The number of rotatable bonds is 6. The molecule has 10 heteroatoms. The Morgan fingerprint density at radius 1 is 1.27 bits per heavy atom. The number of alkyl halides is 2. The highest BCUT2D eigenvalue weighted by Crippen LogP contribution is 2.45. The van der Waals surface area contributed by atoms with Gasteiger partial charge in [-0.2, -0.15) is 5.10 Å². The molecule has 4 heterocycles. The van der Waals surface area contributed by atoms with Gasteiger partial charge in [0, 0.05) is 31.0 Å². The molecule has 3 atom stereocenters. The highest BCUT2D eigenvalue weighted by Gasteiger charge is 2.46. The number of anilines is 1. The lowest BCUT2D eigenvalue weighted by Gasteiger charge is -2.19. The van der Waals surface area contributed by atoms with Crippen LogP contribution in [0, 0.1) is 11.8 Å². The minimum Gasteiger partial charge on any atom is -0.344 e.